The number of Topliss-reactive ketones (excluding diaryl/α,β-unsaturated/α-hetero) is 1. The Hall–Kier alpha value is -3.65. The van der Waals surface area contributed by atoms with Gasteiger partial charge in [0.25, 0.3) is 5.56 Å². The van der Waals surface area contributed by atoms with Crippen molar-refractivity contribution in [1.82, 2.24) is 9.55 Å². The van der Waals surface area contributed by atoms with Crippen LogP contribution in [-0.2, 0) is 7.05 Å². The number of ketones is 1. The fourth-order valence-electron chi connectivity index (χ4n) is 3.13. The van der Waals surface area contributed by atoms with E-state index in [4.69, 9.17) is 16.3 Å². The van der Waals surface area contributed by atoms with Gasteiger partial charge in [-0.05, 0) is 24.1 Å². The van der Waals surface area contributed by atoms with Gasteiger partial charge in [-0.2, -0.15) is 0 Å². The summed E-state index contributed by atoms with van der Waals surface area (Å²) >= 11 is 6.49. The van der Waals surface area contributed by atoms with E-state index in [1.807, 2.05) is 30.3 Å². The molecule has 0 aliphatic heterocycles. The first kappa shape index (κ1) is 22.0. The number of rotatable bonds is 7. The maximum Gasteiger partial charge on any atom is 0.358 e. The first-order valence-electron chi connectivity index (χ1n) is 9.24. The van der Waals surface area contributed by atoms with E-state index in [0.717, 1.165) is 5.56 Å². The molecular weight excluding hydrogens is 422 g/mol. The second kappa shape index (κ2) is 9.01. The second-order valence-electron chi connectivity index (χ2n) is 6.77. The lowest BCUT2D eigenvalue weighted by Gasteiger charge is -2.23. The van der Waals surface area contributed by atoms with Gasteiger partial charge in [0, 0.05) is 17.6 Å². The summed E-state index contributed by atoms with van der Waals surface area (Å²) in [5, 5.41) is 12.9. The highest BCUT2D eigenvalue weighted by molar-refractivity contribution is 6.31. The Morgan fingerprint density at radius 2 is 1.87 bits per heavy atom. The summed E-state index contributed by atoms with van der Waals surface area (Å²) in [6, 6.07) is 13.6. The topological polar surface area (TPSA) is 111 Å². The number of benzene rings is 2. The monoisotopic (exact) mass is 441 g/mol. The molecule has 9 heteroatoms. The van der Waals surface area contributed by atoms with Gasteiger partial charge in [-0.15, -0.1) is 0 Å². The van der Waals surface area contributed by atoms with E-state index >= 15 is 0 Å². The molecule has 1 unspecified atom stereocenters. The summed E-state index contributed by atoms with van der Waals surface area (Å²) in [6.45, 7) is 1.45. The van der Waals surface area contributed by atoms with Gasteiger partial charge < -0.3 is 15.2 Å². The zero-order valence-corrected chi connectivity index (χ0v) is 17.8. The molecule has 2 aromatic carbocycles. The molecule has 2 N–H and O–H groups in total. The Morgan fingerprint density at radius 1 is 1.19 bits per heavy atom. The van der Waals surface area contributed by atoms with Crippen molar-refractivity contribution in [1.29, 1.82) is 0 Å². The van der Waals surface area contributed by atoms with Crippen LogP contribution in [0.25, 0.3) is 0 Å². The number of ether oxygens (including phenoxy) is 1. The predicted molar refractivity (Wildman–Crippen MR) is 116 cm³/mol. The summed E-state index contributed by atoms with van der Waals surface area (Å²) in [5.74, 6) is -1.86. The van der Waals surface area contributed by atoms with Gasteiger partial charge >= 0.3 is 5.97 Å². The number of carboxylic acids is 1. The number of carbonyl (C=O) groups is 2. The molecule has 31 heavy (non-hydrogen) atoms. The second-order valence-corrected chi connectivity index (χ2v) is 7.17. The summed E-state index contributed by atoms with van der Waals surface area (Å²) in [4.78, 5) is 40.0. The molecule has 0 spiro atoms. The number of hydrogen-bond acceptors (Lipinski definition) is 6. The molecule has 8 nitrogen and oxygen atoms in total. The Kier molecular flexibility index (Phi) is 6.41. The number of aromatic nitrogens is 2. The van der Waals surface area contributed by atoms with Crippen LogP contribution in [0.2, 0.25) is 5.02 Å². The number of aromatic carboxylic acids is 1. The Labute approximate surface area is 183 Å². The minimum atomic E-state index is -1.39. The Balaban J connectivity index is 2.17. The number of halogens is 1. The first-order valence-corrected chi connectivity index (χ1v) is 9.62. The fraction of sp³-hybridized carbons (Fsp3) is 0.182. The number of hydrogen-bond donors (Lipinski definition) is 2. The molecule has 0 radical (unpaired) electrons. The highest BCUT2D eigenvalue weighted by Crippen LogP contribution is 2.32. The molecule has 1 aromatic heterocycles. The van der Waals surface area contributed by atoms with Crippen LogP contribution in [0, 0.1) is 0 Å². The average Bonchev–Trinajstić information content (AvgIpc) is 2.75. The van der Waals surface area contributed by atoms with Crippen molar-refractivity contribution < 1.29 is 19.4 Å². The normalized spacial score (nSPS) is 11.6. The van der Waals surface area contributed by atoms with Gasteiger partial charge in [0.15, 0.2) is 11.5 Å². The third kappa shape index (κ3) is 4.44. The number of nitrogens with one attached hydrogen (secondary N) is 1. The van der Waals surface area contributed by atoms with Gasteiger partial charge in [0.05, 0.1) is 13.2 Å². The van der Waals surface area contributed by atoms with E-state index < -0.39 is 23.3 Å². The van der Waals surface area contributed by atoms with Crippen LogP contribution in [0.3, 0.4) is 0 Å². The van der Waals surface area contributed by atoms with Crippen molar-refractivity contribution in [2.45, 2.75) is 13.0 Å². The van der Waals surface area contributed by atoms with Crippen molar-refractivity contribution in [2.75, 3.05) is 12.4 Å². The summed E-state index contributed by atoms with van der Waals surface area (Å²) < 4.78 is 6.11. The van der Waals surface area contributed by atoms with Gasteiger partial charge in [-0.1, -0.05) is 54.1 Å². The summed E-state index contributed by atoms with van der Waals surface area (Å²) in [7, 11) is 2.66. The zero-order chi connectivity index (χ0) is 22.7. The van der Waals surface area contributed by atoms with E-state index in [2.05, 4.69) is 10.3 Å². The summed E-state index contributed by atoms with van der Waals surface area (Å²) in [6.07, 6.45) is 0. The molecule has 0 aliphatic rings. The fourth-order valence-corrected chi connectivity index (χ4v) is 3.42. The molecule has 3 aromatic rings. The van der Waals surface area contributed by atoms with Gasteiger partial charge in [-0.25, -0.2) is 9.78 Å². The van der Waals surface area contributed by atoms with E-state index in [9.17, 15) is 19.5 Å². The smallest absolute Gasteiger partial charge is 0.358 e. The third-order valence-electron chi connectivity index (χ3n) is 4.78. The van der Waals surface area contributed by atoms with E-state index in [-0.39, 0.29) is 17.5 Å². The molecule has 3 rings (SSSR count). The molecule has 160 valence electrons. The van der Waals surface area contributed by atoms with Crippen LogP contribution in [0.4, 0.5) is 5.95 Å². The molecule has 0 saturated heterocycles. The number of anilines is 1. The lowest BCUT2D eigenvalue weighted by atomic mass is 9.97. The minimum absolute atomic E-state index is 0.0174. The Morgan fingerprint density at radius 3 is 2.42 bits per heavy atom. The molecule has 0 amide bonds. The average molecular weight is 442 g/mol. The quantitative estimate of drug-likeness (QED) is 0.539. The number of carboxylic acid groups (broad SMARTS) is 1. The van der Waals surface area contributed by atoms with Crippen molar-refractivity contribution >= 4 is 29.3 Å². The zero-order valence-electron chi connectivity index (χ0n) is 17.0. The standard InChI is InChI=1S/C22H20ClN3O5/c1-12(27)14-9-10-15(16(23)11-14)17(13-7-5-4-6-8-13)24-22-25-18(21(29)30)19(31-3)20(28)26(22)2/h4-11,17H,1-3H3,(H,24,25)(H,29,30). The lowest BCUT2D eigenvalue weighted by Crippen LogP contribution is -2.28. The largest absolute Gasteiger partial charge is 0.489 e. The van der Waals surface area contributed by atoms with Gasteiger partial charge in [-0.3, -0.25) is 14.2 Å². The number of carbonyl (C=O) groups excluding carboxylic acids is 1. The highest BCUT2D eigenvalue weighted by atomic mass is 35.5. The SMILES string of the molecule is COc1c(C(=O)O)nc(NC(c2ccccc2)c2ccc(C(C)=O)cc2Cl)n(C)c1=O. The van der Waals surface area contributed by atoms with Crippen molar-refractivity contribution in [2.24, 2.45) is 7.05 Å². The molecule has 1 heterocycles. The van der Waals surface area contributed by atoms with Crippen LogP contribution >= 0.6 is 11.6 Å². The molecule has 0 saturated carbocycles. The van der Waals surface area contributed by atoms with Crippen molar-refractivity contribution in [3.63, 3.8) is 0 Å². The van der Waals surface area contributed by atoms with Crippen LogP contribution in [-0.4, -0.2) is 33.5 Å². The molecule has 0 bridgehead atoms. The molecule has 0 fully saturated rings. The maximum absolute atomic E-state index is 12.6. The third-order valence-corrected chi connectivity index (χ3v) is 5.11. The molecule has 1 atom stereocenters. The predicted octanol–water partition coefficient (Wildman–Crippen LogP) is 3.54. The van der Waals surface area contributed by atoms with E-state index in [0.29, 0.717) is 16.1 Å². The van der Waals surface area contributed by atoms with Crippen LogP contribution in [0.15, 0.2) is 53.3 Å². The minimum Gasteiger partial charge on any atom is -0.489 e. The van der Waals surface area contributed by atoms with E-state index in [1.54, 1.807) is 18.2 Å². The van der Waals surface area contributed by atoms with Crippen LogP contribution in [0.1, 0.15) is 44.9 Å². The van der Waals surface area contributed by atoms with Gasteiger partial charge in [0.2, 0.25) is 11.7 Å². The Bertz CT molecular complexity index is 1210. The van der Waals surface area contributed by atoms with Crippen molar-refractivity contribution in [3.05, 3.63) is 86.3 Å². The van der Waals surface area contributed by atoms with E-state index in [1.165, 1.54) is 25.6 Å². The lowest BCUT2D eigenvalue weighted by molar-refractivity contribution is 0.0685. The van der Waals surface area contributed by atoms with Crippen LogP contribution in [0.5, 0.6) is 5.75 Å². The molecular formula is C22H20ClN3O5. The highest BCUT2D eigenvalue weighted by Gasteiger charge is 2.24. The molecule has 0 aliphatic carbocycles. The maximum atomic E-state index is 12.6. The number of nitrogens with zero attached hydrogens (tertiary/aromatic N) is 2. The van der Waals surface area contributed by atoms with Crippen molar-refractivity contribution in [3.8, 4) is 5.75 Å². The number of methoxy groups -OCH3 is 1. The van der Waals surface area contributed by atoms with Crippen LogP contribution < -0.4 is 15.6 Å². The first-order chi connectivity index (χ1) is 14.7. The summed E-state index contributed by atoms with van der Waals surface area (Å²) in [5.41, 5.74) is 0.727. The van der Waals surface area contributed by atoms with Gasteiger partial charge in [0.1, 0.15) is 0 Å².